The Labute approximate surface area is 65.8 Å². The first-order valence-corrected chi connectivity index (χ1v) is 3.68. The summed E-state index contributed by atoms with van der Waals surface area (Å²) in [6, 6.07) is 0. The van der Waals surface area contributed by atoms with Crippen LogP contribution < -0.4 is 0 Å². The van der Waals surface area contributed by atoms with Gasteiger partial charge in [-0.3, -0.25) is 9.59 Å². The molecule has 0 aromatic heterocycles. The van der Waals surface area contributed by atoms with Crippen molar-refractivity contribution < 1.29 is 14.4 Å². The third kappa shape index (κ3) is 2.62. The van der Waals surface area contributed by atoms with Crippen LogP contribution in [0.15, 0.2) is 0 Å². The van der Waals surface area contributed by atoms with Crippen LogP contribution in [-0.4, -0.2) is 17.9 Å². The van der Waals surface area contributed by atoms with Crippen LogP contribution in [0, 0.1) is 5.92 Å². The van der Waals surface area contributed by atoms with E-state index in [4.69, 9.17) is 0 Å². The number of hydrogen-bond donors (Lipinski definition) is 0. The molecule has 3 nitrogen and oxygen atoms in total. The lowest BCUT2D eigenvalue weighted by atomic mass is 9.97. The fraction of sp³-hybridized carbons (Fsp3) is 0.625. The number of Topliss-reactive ketones (excluding diaryl/α,β-unsaturated/α-hetero) is 2. The highest BCUT2D eigenvalue weighted by molar-refractivity contribution is 6.13. The molecule has 3 heteroatoms. The van der Waals surface area contributed by atoms with Gasteiger partial charge in [0.25, 0.3) is 0 Å². The zero-order valence-corrected chi connectivity index (χ0v) is 6.79. The van der Waals surface area contributed by atoms with Gasteiger partial charge in [-0.15, -0.1) is 0 Å². The van der Waals surface area contributed by atoms with Crippen molar-refractivity contribution in [1.29, 1.82) is 0 Å². The molecule has 0 N–H and O–H groups in total. The lowest BCUT2D eigenvalue weighted by Gasteiger charge is -2.03. The molecular formula is C8H12O3. The average Bonchev–Trinajstić information content (AvgIpc) is 2.05. The quantitative estimate of drug-likeness (QED) is 0.436. The highest BCUT2D eigenvalue weighted by atomic mass is 16.2. The molecule has 0 aliphatic heterocycles. The van der Waals surface area contributed by atoms with Crippen LogP contribution in [0.5, 0.6) is 0 Å². The molecule has 0 heterocycles. The summed E-state index contributed by atoms with van der Waals surface area (Å²) in [5.74, 6) is -1.58. The molecule has 0 aromatic carbocycles. The van der Waals surface area contributed by atoms with E-state index < -0.39 is 5.92 Å². The molecule has 0 rings (SSSR count). The molecule has 0 spiro atoms. The van der Waals surface area contributed by atoms with Gasteiger partial charge < -0.3 is 4.79 Å². The van der Waals surface area contributed by atoms with Gasteiger partial charge in [0, 0.05) is 12.8 Å². The van der Waals surface area contributed by atoms with E-state index >= 15 is 0 Å². The fourth-order valence-corrected chi connectivity index (χ4v) is 0.771. The molecule has 0 amide bonds. The Kier molecular flexibility index (Phi) is 4.34. The maximum atomic E-state index is 10.9. The number of hydrogen-bond acceptors (Lipinski definition) is 3. The molecule has 0 radical (unpaired) electrons. The first-order valence-electron chi connectivity index (χ1n) is 3.68. The zero-order valence-electron chi connectivity index (χ0n) is 6.79. The van der Waals surface area contributed by atoms with E-state index in [1.807, 2.05) is 0 Å². The van der Waals surface area contributed by atoms with Gasteiger partial charge >= 0.3 is 0 Å². The van der Waals surface area contributed by atoms with E-state index in [9.17, 15) is 14.4 Å². The lowest BCUT2D eigenvalue weighted by Crippen LogP contribution is -2.24. The molecule has 0 aliphatic rings. The summed E-state index contributed by atoms with van der Waals surface area (Å²) in [5.41, 5.74) is 0. The Morgan fingerprint density at radius 2 is 1.55 bits per heavy atom. The second kappa shape index (κ2) is 4.77. The molecule has 11 heavy (non-hydrogen) atoms. The molecular weight excluding hydrogens is 144 g/mol. The van der Waals surface area contributed by atoms with Gasteiger partial charge in [0.1, 0.15) is 23.8 Å². The maximum Gasteiger partial charge on any atom is 0.150 e. The van der Waals surface area contributed by atoms with Gasteiger partial charge in [0.05, 0.1) is 0 Å². The van der Waals surface area contributed by atoms with Gasteiger partial charge in [-0.2, -0.15) is 0 Å². The number of ketones is 2. The highest BCUT2D eigenvalue weighted by Gasteiger charge is 2.21. The third-order valence-electron chi connectivity index (χ3n) is 1.53. The van der Waals surface area contributed by atoms with Crippen molar-refractivity contribution >= 4 is 17.9 Å². The van der Waals surface area contributed by atoms with Crippen LogP contribution in [0.25, 0.3) is 0 Å². The van der Waals surface area contributed by atoms with Crippen molar-refractivity contribution in [3.8, 4) is 0 Å². The number of carbonyl (C=O) groups excluding carboxylic acids is 3. The first-order chi connectivity index (χ1) is 5.17. The summed E-state index contributed by atoms with van der Waals surface area (Å²) in [6.07, 6.45) is 0.919. The number of rotatable bonds is 5. The minimum Gasteiger partial charge on any atom is -0.302 e. The SMILES string of the molecule is CCC(=O)C(C=O)C(=O)CC. The summed E-state index contributed by atoms with van der Waals surface area (Å²) in [4.78, 5) is 32.0. The van der Waals surface area contributed by atoms with E-state index in [0.717, 1.165) is 0 Å². The van der Waals surface area contributed by atoms with Crippen LogP contribution in [0.4, 0.5) is 0 Å². The molecule has 0 aromatic rings. The first kappa shape index (κ1) is 10.0. The summed E-state index contributed by atoms with van der Waals surface area (Å²) < 4.78 is 0. The predicted molar refractivity (Wildman–Crippen MR) is 40.2 cm³/mol. The monoisotopic (exact) mass is 156 g/mol. The van der Waals surface area contributed by atoms with Crippen molar-refractivity contribution in [2.24, 2.45) is 5.92 Å². The van der Waals surface area contributed by atoms with Crippen LogP contribution in [0.3, 0.4) is 0 Å². The molecule has 62 valence electrons. The normalized spacial score (nSPS) is 9.73. The maximum absolute atomic E-state index is 10.9. The standard InChI is InChI=1S/C8H12O3/c1-3-7(10)6(5-9)8(11)4-2/h5-6H,3-4H2,1-2H3. The van der Waals surface area contributed by atoms with Crippen LogP contribution in [0.2, 0.25) is 0 Å². The van der Waals surface area contributed by atoms with Crippen LogP contribution in [0.1, 0.15) is 26.7 Å². The molecule has 0 unspecified atom stereocenters. The summed E-state index contributed by atoms with van der Waals surface area (Å²) in [7, 11) is 0. The van der Waals surface area contributed by atoms with E-state index in [-0.39, 0.29) is 24.4 Å². The largest absolute Gasteiger partial charge is 0.302 e. The minimum atomic E-state index is -1.01. The van der Waals surface area contributed by atoms with Gasteiger partial charge in [-0.25, -0.2) is 0 Å². The molecule has 0 saturated carbocycles. The minimum absolute atomic E-state index is 0.245. The van der Waals surface area contributed by atoms with Crippen molar-refractivity contribution in [2.75, 3.05) is 0 Å². The Bertz CT molecular complexity index is 156. The summed E-state index contributed by atoms with van der Waals surface area (Å²) in [6.45, 7) is 3.28. The van der Waals surface area contributed by atoms with E-state index in [0.29, 0.717) is 6.29 Å². The number of carbonyl (C=O) groups is 3. The Morgan fingerprint density at radius 1 is 1.18 bits per heavy atom. The van der Waals surface area contributed by atoms with Crippen LogP contribution >= 0.6 is 0 Å². The smallest absolute Gasteiger partial charge is 0.150 e. The van der Waals surface area contributed by atoms with Crippen molar-refractivity contribution in [3.63, 3.8) is 0 Å². The molecule has 0 bridgehead atoms. The van der Waals surface area contributed by atoms with Crippen molar-refractivity contribution in [1.82, 2.24) is 0 Å². The van der Waals surface area contributed by atoms with Gasteiger partial charge in [-0.1, -0.05) is 13.8 Å². The molecule has 0 aliphatic carbocycles. The zero-order chi connectivity index (χ0) is 8.85. The highest BCUT2D eigenvalue weighted by Crippen LogP contribution is 2.02. The topological polar surface area (TPSA) is 51.2 Å². The van der Waals surface area contributed by atoms with Gasteiger partial charge in [0.15, 0.2) is 0 Å². The van der Waals surface area contributed by atoms with E-state index in [1.54, 1.807) is 13.8 Å². The summed E-state index contributed by atoms with van der Waals surface area (Å²) >= 11 is 0. The van der Waals surface area contributed by atoms with Gasteiger partial charge in [-0.05, 0) is 0 Å². The molecule has 0 saturated heterocycles. The fourth-order valence-electron chi connectivity index (χ4n) is 0.771. The van der Waals surface area contributed by atoms with Crippen molar-refractivity contribution in [2.45, 2.75) is 26.7 Å². The average molecular weight is 156 g/mol. The van der Waals surface area contributed by atoms with Crippen LogP contribution in [-0.2, 0) is 14.4 Å². The third-order valence-corrected chi connectivity index (χ3v) is 1.53. The number of aldehydes is 1. The summed E-state index contributed by atoms with van der Waals surface area (Å²) in [5, 5.41) is 0. The van der Waals surface area contributed by atoms with Gasteiger partial charge in [0.2, 0.25) is 0 Å². The lowest BCUT2D eigenvalue weighted by molar-refractivity contribution is -0.135. The Morgan fingerprint density at radius 3 is 1.73 bits per heavy atom. The second-order valence-electron chi connectivity index (χ2n) is 2.25. The Hall–Kier alpha value is -0.990. The molecule has 0 fully saturated rings. The van der Waals surface area contributed by atoms with E-state index in [1.165, 1.54) is 0 Å². The Balaban J connectivity index is 4.27. The second-order valence-corrected chi connectivity index (χ2v) is 2.25. The van der Waals surface area contributed by atoms with E-state index in [2.05, 4.69) is 0 Å². The predicted octanol–water partition coefficient (Wildman–Crippen LogP) is 0.760. The molecule has 0 atom stereocenters. The van der Waals surface area contributed by atoms with Crippen molar-refractivity contribution in [3.05, 3.63) is 0 Å².